The van der Waals surface area contributed by atoms with Crippen molar-refractivity contribution < 1.29 is 9.53 Å². The average Bonchev–Trinajstić information content (AvgIpc) is 3.09. The maximum atomic E-state index is 12.4. The van der Waals surface area contributed by atoms with Crippen LogP contribution in [0.25, 0.3) is 0 Å². The van der Waals surface area contributed by atoms with Crippen LogP contribution in [0, 0.1) is 0 Å². The minimum atomic E-state index is 0.0337. The lowest BCUT2D eigenvalue weighted by Gasteiger charge is -2.15. The van der Waals surface area contributed by atoms with Crippen LogP contribution in [0.3, 0.4) is 0 Å². The molecule has 3 rings (SSSR count). The Morgan fingerprint density at radius 3 is 2.70 bits per heavy atom. The number of carbonyl (C=O) groups excluding carboxylic acids is 1. The number of likely N-dealkylation sites (tertiary alicyclic amines) is 1. The molecule has 0 spiro atoms. The maximum absolute atomic E-state index is 12.4. The quantitative estimate of drug-likeness (QED) is 0.927. The van der Waals surface area contributed by atoms with Crippen LogP contribution < -0.4 is 10.1 Å². The summed E-state index contributed by atoms with van der Waals surface area (Å²) < 4.78 is 5.14. The van der Waals surface area contributed by atoms with Gasteiger partial charge in [-0.2, -0.15) is 0 Å². The van der Waals surface area contributed by atoms with Gasteiger partial charge in [-0.05, 0) is 37.1 Å². The number of anilines is 2. The van der Waals surface area contributed by atoms with Crippen LogP contribution in [0.2, 0.25) is 5.02 Å². The summed E-state index contributed by atoms with van der Waals surface area (Å²) in [5, 5.41) is 3.73. The molecule has 1 amide bonds. The fourth-order valence-electron chi connectivity index (χ4n) is 2.64. The normalized spacial score (nSPS) is 13.9. The minimum absolute atomic E-state index is 0.0337. The van der Waals surface area contributed by atoms with Crippen molar-refractivity contribution in [3.63, 3.8) is 0 Å². The van der Waals surface area contributed by atoms with Gasteiger partial charge >= 0.3 is 0 Å². The molecule has 120 valence electrons. The van der Waals surface area contributed by atoms with E-state index in [1.54, 1.807) is 31.6 Å². The molecule has 0 saturated carbocycles. The number of nitrogens with one attached hydrogen (secondary N) is 1. The Kier molecular flexibility index (Phi) is 4.67. The SMILES string of the molecule is COc1ccc(Nc2cncc(C(=O)N3CCCC3)c2)cc1Cl. The summed E-state index contributed by atoms with van der Waals surface area (Å²) >= 11 is 6.12. The standard InChI is InChI=1S/C17H18ClN3O2/c1-23-16-5-4-13(9-15(16)18)20-14-8-12(10-19-11-14)17(22)21-6-2-3-7-21/h4-5,8-11,20H,2-3,6-7H2,1H3. The van der Waals surface area contributed by atoms with E-state index in [0.29, 0.717) is 16.3 Å². The molecule has 0 unspecified atom stereocenters. The van der Waals surface area contributed by atoms with Gasteiger partial charge in [0.05, 0.1) is 29.6 Å². The zero-order valence-electron chi connectivity index (χ0n) is 12.9. The van der Waals surface area contributed by atoms with Crippen molar-refractivity contribution in [3.8, 4) is 5.75 Å². The molecule has 0 radical (unpaired) electrons. The number of aromatic nitrogens is 1. The maximum Gasteiger partial charge on any atom is 0.255 e. The van der Waals surface area contributed by atoms with E-state index in [2.05, 4.69) is 10.3 Å². The molecule has 1 N–H and O–H groups in total. The predicted molar refractivity (Wildman–Crippen MR) is 90.7 cm³/mol. The second-order valence-electron chi connectivity index (χ2n) is 5.44. The molecule has 1 aromatic heterocycles. The Morgan fingerprint density at radius 1 is 1.22 bits per heavy atom. The summed E-state index contributed by atoms with van der Waals surface area (Å²) in [7, 11) is 1.58. The number of hydrogen-bond donors (Lipinski definition) is 1. The number of nitrogens with zero attached hydrogens (tertiary/aromatic N) is 2. The largest absolute Gasteiger partial charge is 0.495 e. The monoisotopic (exact) mass is 331 g/mol. The molecule has 1 aliphatic rings. The van der Waals surface area contributed by atoms with E-state index in [0.717, 1.165) is 37.3 Å². The second kappa shape index (κ2) is 6.87. The van der Waals surface area contributed by atoms with E-state index in [-0.39, 0.29) is 5.91 Å². The lowest BCUT2D eigenvalue weighted by atomic mass is 10.2. The fraction of sp³-hybridized carbons (Fsp3) is 0.294. The lowest BCUT2D eigenvalue weighted by molar-refractivity contribution is 0.0792. The molecular formula is C17H18ClN3O2. The molecule has 0 aliphatic carbocycles. The van der Waals surface area contributed by atoms with E-state index in [1.807, 2.05) is 17.0 Å². The van der Waals surface area contributed by atoms with Crippen LogP contribution in [0.15, 0.2) is 36.7 Å². The van der Waals surface area contributed by atoms with Crippen LogP contribution in [0.4, 0.5) is 11.4 Å². The van der Waals surface area contributed by atoms with Gasteiger partial charge in [0.15, 0.2) is 0 Å². The molecule has 0 bridgehead atoms. The number of ether oxygens (including phenoxy) is 1. The number of amides is 1. The molecule has 2 aromatic rings. The molecule has 2 heterocycles. The molecular weight excluding hydrogens is 314 g/mol. The van der Waals surface area contributed by atoms with Gasteiger partial charge in [0, 0.05) is 25.0 Å². The van der Waals surface area contributed by atoms with E-state index < -0.39 is 0 Å². The highest BCUT2D eigenvalue weighted by molar-refractivity contribution is 6.32. The fourth-order valence-corrected chi connectivity index (χ4v) is 2.90. The smallest absolute Gasteiger partial charge is 0.255 e. The van der Waals surface area contributed by atoms with Crippen LogP contribution in [0.5, 0.6) is 5.75 Å². The Bertz CT molecular complexity index is 715. The third-order valence-electron chi connectivity index (χ3n) is 3.82. The van der Waals surface area contributed by atoms with E-state index >= 15 is 0 Å². The predicted octanol–water partition coefficient (Wildman–Crippen LogP) is 3.72. The number of methoxy groups -OCH3 is 1. The highest BCUT2D eigenvalue weighted by Crippen LogP contribution is 2.29. The molecule has 1 fully saturated rings. The second-order valence-corrected chi connectivity index (χ2v) is 5.84. The number of carbonyl (C=O) groups is 1. The zero-order valence-corrected chi connectivity index (χ0v) is 13.6. The van der Waals surface area contributed by atoms with E-state index in [1.165, 1.54) is 0 Å². The van der Waals surface area contributed by atoms with Gasteiger partial charge in [-0.25, -0.2) is 0 Å². The number of rotatable bonds is 4. The van der Waals surface area contributed by atoms with Gasteiger partial charge in [0.2, 0.25) is 0 Å². The summed E-state index contributed by atoms with van der Waals surface area (Å²) in [6.45, 7) is 1.65. The summed E-state index contributed by atoms with van der Waals surface area (Å²) in [6, 6.07) is 7.23. The highest BCUT2D eigenvalue weighted by Gasteiger charge is 2.19. The third-order valence-corrected chi connectivity index (χ3v) is 4.11. The first-order valence-electron chi connectivity index (χ1n) is 7.52. The number of hydrogen-bond acceptors (Lipinski definition) is 4. The molecule has 1 saturated heterocycles. The summed E-state index contributed by atoms with van der Waals surface area (Å²) in [6.07, 6.45) is 5.43. The molecule has 6 heteroatoms. The minimum Gasteiger partial charge on any atom is -0.495 e. The first-order valence-corrected chi connectivity index (χ1v) is 7.90. The lowest BCUT2D eigenvalue weighted by Crippen LogP contribution is -2.27. The van der Waals surface area contributed by atoms with Crippen LogP contribution >= 0.6 is 11.6 Å². The Hall–Kier alpha value is -2.27. The Labute approximate surface area is 140 Å². The van der Waals surface area contributed by atoms with Gasteiger partial charge in [0.1, 0.15) is 5.75 Å². The first-order chi connectivity index (χ1) is 11.2. The number of benzene rings is 1. The number of halogens is 1. The van der Waals surface area contributed by atoms with E-state index in [9.17, 15) is 4.79 Å². The Morgan fingerprint density at radius 2 is 2.00 bits per heavy atom. The van der Waals surface area contributed by atoms with Gasteiger partial charge in [0.25, 0.3) is 5.91 Å². The van der Waals surface area contributed by atoms with Crippen molar-refractivity contribution in [2.24, 2.45) is 0 Å². The molecule has 1 aromatic carbocycles. The summed E-state index contributed by atoms with van der Waals surface area (Å²) in [5.74, 6) is 0.653. The van der Waals surface area contributed by atoms with Crippen molar-refractivity contribution in [1.82, 2.24) is 9.88 Å². The highest BCUT2D eigenvalue weighted by atomic mass is 35.5. The third kappa shape index (κ3) is 3.56. The Balaban J connectivity index is 1.77. The van der Waals surface area contributed by atoms with Crippen molar-refractivity contribution in [1.29, 1.82) is 0 Å². The van der Waals surface area contributed by atoms with Crippen LogP contribution in [-0.2, 0) is 0 Å². The van der Waals surface area contributed by atoms with Crippen LogP contribution in [-0.4, -0.2) is 36.0 Å². The van der Waals surface area contributed by atoms with Crippen molar-refractivity contribution >= 4 is 28.9 Å². The van der Waals surface area contributed by atoms with Crippen LogP contribution in [0.1, 0.15) is 23.2 Å². The van der Waals surface area contributed by atoms with Crippen molar-refractivity contribution in [2.45, 2.75) is 12.8 Å². The van der Waals surface area contributed by atoms with Gasteiger partial charge in [-0.3, -0.25) is 9.78 Å². The molecule has 0 atom stereocenters. The molecule has 5 nitrogen and oxygen atoms in total. The molecule has 1 aliphatic heterocycles. The van der Waals surface area contributed by atoms with Gasteiger partial charge < -0.3 is 15.0 Å². The van der Waals surface area contributed by atoms with Crippen molar-refractivity contribution in [3.05, 3.63) is 47.2 Å². The summed E-state index contributed by atoms with van der Waals surface area (Å²) in [5.41, 5.74) is 2.15. The topological polar surface area (TPSA) is 54.5 Å². The average molecular weight is 332 g/mol. The first kappa shape index (κ1) is 15.6. The number of pyridine rings is 1. The molecule has 23 heavy (non-hydrogen) atoms. The summed E-state index contributed by atoms with van der Waals surface area (Å²) in [4.78, 5) is 18.4. The van der Waals surface area contributed by atoms with Crippen molar-refractivity contribution in [2.75, 3.05) is 25.5 Å². The zero-order chi connectivity index (χ0) is 16.2. The van der Waals surface area contributed by atoms with E-state index in [4.69, 9.17) is 16.3 Å². The van der Waals surface area contributed by atoms with Gasteiger partial charge in [-0.1, -0.05) is 11.6 Å². The van der Waals surface area contributed by atoms with Gasteiger partial charge in [-0.15, -0.1) is 0 Å².